The van der Waals surface area contributed by atoms with Crippen molar-refractivity contribution < 1.29 is 18.0 Å². The summed E-state index contributed by atoms with van der Waals surface area (Å²) in [6.45, 7) is 6.74. The number of rotatable bonds is 5. The van der Waals surface area contributed by atoms with E-state index < -0.39 is 17.9 Å². The van der Waals surface area contributed by atoms with Gasteiger partial charge < -0.3 is 4.90 Å². The zero-order chi connectivity index (χ0) is 22.5. The van der Waals surface area contributed by atoms with Crippen LogP contribution in [0, 0.1) is 6.92 Å². The molecule has 0 bridgehead atoms. The fourth-order valence-electron chi connectivity index (χ4n) is 4.17. The molecule has 0 radical (unpaired) electrons. The van der Waals surface area contributed by atoms with Gasteiger partial charge in [0.05, 0.1) is 16.4 Å². The summed E-state index contributed by atoms with van der Waals surface area (Å²) in [5, 5.41) is 7.72. The average Bonchev–Trinajstić information content (AvgIpc) is 3.40. The Morgan fingerprint density at radius 2 is 1.87 bits per heavy atom. The summed E-state index contributed by atoms with van der Waals surface area (Å²) < 4.78 is 43.0. The largest absolute Gasteiger partial charge is 0.436 e. The van der Waals surface area contributed by atoms with E-state index in [2.05, 4.69) is 15.1 Å². The van der Waals surface area contributed by atoms with Gasteiger partial charge in [-0.05, 0) is 26.7 Å². The Bertz CT molecular complexity index is 972. The van der Waals surface area contributed by atoms with Gasteiger partial charge in [0.25, 0.3) is 0 Å². The number of aryl methyl sites for hydroxylation is 2. The van der Waals surface area contributed by atoms with Gasteiger partial charge in [0.1, 0.15) is 6.04 Å². The number of alkyl halides is 3. The summed E-state index contributed by atoms with van der Waals surface area (Å²) >= 11 is 6.05. The molecular weight excluding hydrogens is 433 g/mol. The molecule has 0 aromatic carbocycles. The van der Waals surface area contributed by atoms with Crippen LogP contribution < -0.4 is 0 Å². The van der Waals surface area contributed by atoms with E-state index in [0.29, 0.717) is 31.9 Å². The average molecular weight is 459 g/mol. The third kappa shape index (κ3) is 4.45. The quantitative estimate of drug-likeness (QED) is 0.689. The standard InChI is InChI=1S/C20H26ClF3N6O/c1-12-15(10-27(3)25-12)11-28-6-8-29(9-7-28)19(31)13(2)30-17(14-4-5-14)16(21)18(26-30)20(22,23)24/h10,13-14H,4-9,11H2,1-3H3. The number of nitrogens with zero attached hydrogens (tertiary/aromatic N) is 6. The van der Waals surface area contributed by atoms with Gasteiger partial charge in [-0.15, -0.1) is 0 Å². The van der Waals surface area contributed by atoms with E-state index in [1.807, 2.05) is 20.2 Å². The van der Waals surface area contributed by atoms with Crippen molar-refractivity contribution in [2.45, 2.75) is 51.4 Å². The first kappa shape index (κ1) is 22.1. The lowest BCUT2D eigenvalue weighted by atomic mass is 10.2. The van der Waals surface area contributed by atoms with Crippen LogP contribution >= 0.6 is 11.6 Å². The Balaban J connectivity index is 1.44. The van der Waals surface area contributed by atoms with Crippen molar-refractivity contribution in [3.05, 3.63) is 33.9 Å². The summed E-state index contributed by atoms with van der Waals surface area (Å²) in [5.41, 5.74) is 1.36. The second kappa shape index (κ2) is 8.12. The van der Waals surface area contributed by atoms with E-state index in [1.54, 1.807) is 16.5 Å². The van der Waals surface area contributed by atoms with Crippen LogP contribution in [0.15, 0.2) is 6.20 Å². The lowest BCUT2D eigenvalue weighted by Crippen LogP contribution is -2.50. The van der Waals surface area contributed by atoms with Crippen molar-refractivity contribution in [2.24, 2.45) is 7.05 Å². The molecule has 3 heterocycles. The highest BCUT2D eigenvalue weighted by Crippen LogP contribution is 2.47. The first-order valence-corrected chi connectivity index (χ1v) is 10.8. The molecule has 2 aromatic heterocycles. The normalized spacial score (nSPS) is 19.1. The smallest absolute Gasteiger partial charge is 0.338 e. The molecule has 1 saturated heterocycles. The van der Waals surface area contributed by atoms with E-state index in [-0.39, 0.29) is 16.8 Å². The summed E-state index contributed by atoms with van der Waals surface area (Å²) in [6.07, 6.45) is -1.13. The van der Waals surface area contributed by atoms with Gasteiger partial charge in [-0.1, -0.05) is 11.6 Å². The third-order valence-electron chi connectivity index (χ3n) is 6.04. The SMILES string of the molecule is Cc1nn(C)cc1CN1CCN(C(=O)C(C)n2nc(C(F)(F)F)c(Cl)c2C2CC2)CC1. The Kier molecular flexibility index (Phi) is 5.80. The first-order chi connectivity index (χ1) is 14.6. The number of hydrogen-bond acceptors (Lipinski definition) is 4. The van der Waals surface area contributed by atoms with E-state index in [1.165, 1.54) is 4.68 Å². The second-order valence-electron chi connectivity index (χ2n) is 8.46. The highest BCUT2D eigenvalue weighted by Gasteiger charge is 2.43. The van der Waals surface area contributed by atoms with Crippen molar-refractivity contribution in [2.75, 3.05) is 26.2 Å². The van der Waals surface area contributed by atoms with Crippen molar-refractivity contribution >= 4 is 17.5 Å². The Morgan fingerprint density at radius 3 is 2.39 bits per heavy atom. The Morgan fingerprint density at radius 1 is 1.23 bits per heavy atom. The second-order valence-corrected chi connectivity index (χ2v) is 8.83. The van der Waals surface area contributed by atoms with Crippen LogP contribution in [-0.4, -0.2) is 61.4 Å². The number of piperazine rings is 1. The van der Waals surface area contributed by atoms with Gasteiger partial charge in [-0.25, -0.2) is 0 Å². The molecule has 2 aliphatic rings. The van der Waals surface area contributed by atoms with Crippen molar-refractivity contribution in [3.8, 4) is 0 Å². The van der Waals surface area contributed by atoms with Crippen molar-refractivity contribution in [1.29, 1.82) is 0 Å². The van der Waals surface area contributed by atoms with Crippen LogP contribution in [0.2, 0.25) is 5.02 Å². The van der Waals surface area contributed by atoms with Crippen LogP contribution in [0.4, 0.5) is 13.2 Å². The highest BCUT2D eigenvalue weighted by atomic mass is 35.5. The topological polar surface area (TPSA) is 59.2 Å². The molecule has 1 aliphatic carbocycles. The molecule has 31 heavy (non-hydrogen) atoms. The van der Waals surface area contributed by atoms with Crippen LogP contribution in [0.3, 0.4) is 0 Å². The van der Waals surface area contributed by atoms with Crippen LogP contribution in [0.25, 0.3) is 0 Å². The lowest BCUT2D eigenvalue weighted by Gasteiger charge is -2.36. The fourth-order valence-corrected chi connectivity index (χ4v) is 4.55. The first-order valence-electron chi connectivity index (χ1n) is 10.4. The molecule has 170 valence electrons. The van der Waals surface area contributed by atoms with Gasteiger partial charge >= 0.3 is 6.18 Å². The van der Waals surface area contributed by atoms with Gasteiger partial charge in [0.15, 0.2) is 5.69 Å². The minimum atomic E-state index is -4.65. The zero-order valence-corrected chi connectivity index (χ0v) is 18.5. The molecule has 4 rings (SSSR count). The summed E-state index contributed by atoms with van der Waals surface area (Å²) in [7, 11) is 1.89. The van der Waals surface area contributed by atoms with E-state index in [0.717, 1.165) is 30.6 Å². The summed E-state index contributed by atoms with van der Waals surface area (Å²) in [5.74, 6) is -0.294. The molecule has 1 atom stereocenters. The lowest BCUT2D eigenvalue weighted by molar-refractivity contribution is -0.142. The molecule has 0 spiro atoms. The van der Waals surface area contributed by atoms with E-state index >= 15 is 0 Å². The fraction of sp³-hybridized carbons (Fsp3) is 0.650. The zero-order valence-electron chi connectivity index (χ0n) is 17.8. The van der Waals surface area contributed by atoms with Crippen LogP contribution in [-0.2, 0) is 24.6 Å². The molecule has 0 N–H and O–H groups in total. The van der Waals surface area contributed by atoms with Crippen molar-refractivity contribution in [1.82, 2.24) is 29.4 Å². The van der Waals surface area contributed by atoms with E-state index in [4.69, 9.17) is 11.6 Å². The predicted molar refractivity (Wildman–Crippen MR) is 109 cm³/mol. The van der Waals surface area contributed by atoms with Crippen LogP contribution in [0.1, 0.15) is 54.4 Å². The molecule has 2 aromatic rings. The van der Waals surface area contributed by atoms with Crippen molar-refractivity contribution in [3.63, 3.8) is 0 Å². The van der Waals surface area contributed by atoms with E-state index in [9.17, 15) is 18.0 Å². The number of amides is 1. The molecule has 11 heteroatoms. The molecule has 1 unspecified atom stereocenters. The predicted octanol–water partition coefficient (Wildman–Crippen LogP) is 3.38. The molecule has 7 nitrogen and oxygen atoms in total. The number of hydrogen-bond donors (Lipinski definition) is 0. The van der Waals surface area contributed by atoms with Gasteiger partial charge in [0, 0.05) is 57.4 Å². The number of aromatic nitrogens is 4. The van der Waals surface area contributed by atoms with Gasteiger partial charge in [-0.3, -0.25) is 19.1 Å². The molecule has 1 amide bonds. The number of carbonyl (C=O) groups is 1. The summed E-state index contributed by atoms with van der Waals surface area (Å²) in [4.78, 5) is 17.1. The maximum absolute atomic E-state index is 13.3. The monoisotopic (exact) mass is 458 g/mol. The molecule has 1 saturated carbocycles. The third-order valence-corrected chi connectivity index (χ3v) is 6.41. The minimum Gasteiger partial charge on any atom is -0.338 e. The Hall–Kier alpha value is -2.07. The number of carbonyl (C=O) groups excluding carboxylic acids is 1. The molecule has 1 aliphatic heterocycles. The van der Waals surface area contributed by atoms with Gasteiger partial charge in [0.2, 0.25) is 5.91 Å². The minimum absolute atomic E-state index is 0.0640. The Labute approximate surface area is 183 Å². The maximum atomic E-state index is 13.3. The molecule has 2 fully saturated rings. The van der Waals surface area contributed by atoms with Gasteiger partial charge in [-0.2, -0.15) is 23.4 Å². The maximum Gasteiger partial charge on any atom is 0.436 e. The molecular formula is C20H26ClF3N6O. The van der Waals surface area contributed by atoms with Crippen LogP contribution in [0.5, 0.6) is 0 Å². The number of halogens is 4. The highest BCUT2D eigenvalue weighted by molar-refractivity contribution is 6.32. The summed E-state index contributed by atoms with van der Waals surface area (Å²) in [6, 6.07) is -0.837.